The van der Waals surface area contributed by atoms with E-state index >= 15 is 0 Å². The Morgan fingerprint density at radius 1 is 1.60 bits per heavy atom. The summed E-state index contributed by atoms with van der Waals surface area (Å²) in [6, 6.07) is 4.21. The van der Waals surface area contributed by atoms with Gasteiger partial charge in [0.15, 0.2) is 0 Å². The Bertz CT molecular complexity index is 535. The fourth-order valence-electron chi connectivity index (χ4n) is 2.63. The molecule has 1 amide bonds. The predicted octanol–water partition coefficient (Wildman–Crippen LogP) is 1.17. The quantitative estimate of drug-likeness (QED) is 0.819. The molecule has 0 aromatic heterocycles. The molecule has 1 saturated heterocycles. The van der Waals surface area contributed by atoms with Gasteiger partial charge in [0, 0.05) is 19.2 Å². The fraction of sp³-hybridized carbons (Fsp3) is 0.429. The minimum Gasteiger partial charge on any atom is -0.389 e. The molecule has 0 saturated carbocycles. The molecule has 108 valence electrons. The summed E-state index contributed by atoms with van der Waals surface area (Å²) in [4.78, 5) is 14.1. The van der Waals surface area contributed by atoms with Crippen molar-refractivity contribution in [1.29, 1.82) is 0 Å². The molecular weight excluding hydrogens is 277 g/mol. The number of rotatable bonds is 4. The van der Waals surface area contributed by atoms with E-state index in [2.05, 4.69) is 5.32 Å². The first-order chi connectivity index (χ1) is 9.52. The van der Waals surface area contributed by atoms with Crippen LogP contribution in [-0.4, -0.2) is 35.4 Å². The second-order valence-corrected chi connectivity index (χ2v) is 5.35. The molecule has 1 heterocycles. The summed E-state index contributed by atoms with van der Waals surface area (Å²) in [5, 5.41) is 2.67. The number of nitrogens with two attached hydrogens (primary N) is 1. The molecule has 1 atom stereocenters. The highest BCUT2D eigenvalue weighted by Crippen LogP contribution is 2.22. The summed E-state index contributed by atoms with van der Waals surface area (Å²) in [6.45, 7) is 1.29. The first-order valence-corrected chi connectivity index (χ1v) is 6.97. The van der Waals surface area contributed by atoms with Crippen LogP contribution in [0.25, 0.3) is 0 Å². The van der Waals surface area contributed by atoms with Crippen molar-refractivity contribution in [3.8, 4) is 0 Å². The molecule has 3 N–H and O–H groups in total. The lowest BCUT2D eigenvalue weighted by molar-refractivity contribution is -0.125. The Morgan fingerprint density at radius 3 is 3.00 bits per heavy atom. The molecule has 1 aliphatic heterocycles. The topological polar surface area (TPSA) is 58.4 Å². The molecular formula is C14H18FN3OS. The first kappa shape index (κ1) is 14.9. The van der Waals surface area contributed by atoms with Crippen LogP contribution in [0.1, 0.15) is 24.0 Å². The number of amides is 1. The molecule has 4 nitrogen and oxygen atoms in total. The molecule has 0 bridgehead atoms. The molecule has 1 aromatic carbocycles. The maximum atomic E-state index is 13.4. The predicted molar refractivity (Wildman–Crippen MR) is 79.8 cm³/mol. The zero-order valence-electron chi connectivity index (χ0n) is 11.4. The minimum atomic E-state index is -0.323. The van der Waals surface area contributed by atoms with Gasteiger partial charge in [-0.05, 0) is 43.1 Å². The van der Waals surface area contributed by atoms with Crippen molar-refractivity contribution in [2.24, 2.45) is 5.73 Å². The number of nitrogens with zero attached hydrogens (tertiary/aromatic N) is 1. The zero-order valence-corrected chi connectivity index (χ0v) is 12.2. The van der Waals surface area contributed by atoms with E-state index in [0.29, 0.717) is 12.1 Å². The molecule has 1 aromatic rings. The van der Waals surface area contributed by atoms with E-state index in [9.17, 15) is 9.18 Å². The normalized spacial score (nSPS) is 19.0. The average molecular weight is 295 g/mol. The van der Waals surface area contributed by atoms with Crippen LogP contribution in [-0.2, 0) is 11.3 Å². The standard InChI is InChI=1S/C14H18FN3OS/c1-17-14(19)12-3-2-6-18(12)8-9-7-10(15)4-5-11(9)13(16)20/h4-5,7,12H,2-3,6,8H2,1H3,(H2,16,20)(H,17,19). The SMILES string of the molecule is CNC(=O)C1CCCN1Cc1cc(F)ccc1C(N)=S. The number of likely N-dealkylation sites (N-methyl/N-ethyl adjacent to an activating group) is 1. The van der Waals surface area contributed by atoms with Crippen molar-refractivity contribution < 1.29 is 9.18 Å². The maximum Gasteiger partial charge on any atom is 0.237 e. The first-order valence-electron chi connectivity index (χ1n) is 6.57. The van der Waals surface area contributed by atoms with E-state index in [1.807, 2.05) is 4.90 Å². The van der Waals surface area contributed by atoms with E-state index in [1.165, 1.54) is 12.1 Å². The number of benzene rings is 1. The van der Waals surface area contributed by atoms with Crippen molar-refractivity contribution in [2.45, 2.75) is 25.4 Å². The molecule has 2 rings (SSSR count). The molecule has 0 radical (unpaired) electrons. The lowest BCUT2D eigenvalue weighted by atomic mass is 10.1. The lowest BCUT2D eigenvalue weighted by Gasteiger charge is -2.24. The smallest absolute Gasteiger partial charge is 0.237 e. The number of thiocarbonyl (C=S) groups is 1. The minimum absolute atomic E-state index is 0.00391. The number of hydrogen-bond donors (Lipinski definition) is 2. The summed E-state index contributed by atoms with van der Waals surface area (Å²) in [6.07, 6.45) is 1.77. The fourth-order valence-corrected chi connectivity index (χ4v) is 2.83. The van der Waals surface area contributed by atoms with Gasteiger partial charge in [0.1, 0.15) is 10.8 Å². The Balaban J connectivity index is 2.23. The van der Waals surface area contributed by atoms with Crippen LogP contribution in [0.4, 0.5) is 4.39 Å². The summed E-state index contributed by atoms with van der Waals surface area (Å²) < 4.78 is 13.4. The number of carbonyl (C=O) groups excluding carboxylic acids is 1. The summed E-state index contributed by atoms with van der Waals surface area (Å²) in [7, 11) is 1.63. The third kappa shape index (κ3) is 3.13. The molecule has 0 spiro atoms. The van der Waals surface area contributed by atoms with Crippen LogP contribution in [0.3, 0.4) is 0 Å². The monoisotopic (exact) mass is 295 g/mol. The van der Waals surface area contributed by atoms with Gasteiger partial charge < -0.3 is 11.1 Å². The number of likely N-dealkylation sites (tertiary alicyclic amines) is 1. The highest BCUT2D eigenvalue weighted by atomic mass is 32.1. The maximum absolute atomic E-state index is 13.4. The van der Waals surface area contributed by atoms with Gasteiger partial charge in [0.2, 0.25) is 5.91 Å². The third-order valence-electron chi connectivity index (χ3n) is 3.62. The number of nitrogens with one attached hydrogen (secondary N) is 1. The average Bonchev–Trinajstić information content (AvgIpc) is 2.85. The van der Waals surface area contributed by atoms with E-state index in [-0.39, 0.29) is 22.8 Å². The molecule has 1 fully saturated rings. The summed E-state index contributed by atoms with van der Waals surface area (Å²) in [5.41, 5.74) is 7.07. The van der Waals surface area contributed by atoms with Crippen molar-refractivity contribution in [3.05, 3.63) is 35.1 Å². The number of halogens is 1. The van der Waals surface area contributed by atoms with E-state index in [1.54, 1.807) is 13.1 Å². The van der Waals surface area contributed by atoms with Gasteiger partial charge in [-0.15, -0.1) is 0 Å². The van der Waals surface area contributed by atoms with Gasteiger partial charge in [0.05, 0.1) is 6.04 Å². The van der Waals surface area contributed by atoms with Gasteiger partial charge in [-0.25, -0.2) is 4.39 Å². The second kappa shape index (κ2) is 6.28. The van der Waals surface area contributed by atoms with Crippen LogP contribution in [0, 0.1) is 5.82 Å². The highest BCUT2D eigenvalue weighted by molar-refractivity contribution is 7.80. The van der Waals surface area contributed by atoms with Crippen molar-refractivity contribution in [3.63, 3.8) is 0 Å². The molecule has 6 heteroatoms. The summed E-state index contributed by atoms with van der Waals surface area (Å²) in [5.74, 6) is -0.327. The second-order valence-electron chi connectivity index (χ2n) is 4.91. The van der Waals surface area contributed by atoms with Gasteiger partial charge >= 0.3 is 0 Å². The Kier molecular flexibility index (Phi) is 4.67. The van der Waals surface area contributed by atoms with Crippen molar-refractivity contribution >= 4 is 23.1 Å². The van der Waals surface area contributed by atoms with Crippen LogP contribution in [0.15, 0.2) is 18.2 Å². The van der Waals surface area contributed by atoms with Gasteiger partial charge in [-0.1, -0.05) is 12.2 Å². The molecule has 20 heavy (non-hydrogen) atoms. The molecule has 1 unspecified atom stereocenters. The van der Waals surface area contributed by atoms with Gasteiger partial charge in [0.25, 0.3) is 0 Å². The Labute approximate surface area is 123 Å². The molecule has 0 aliphatic carbocycles. The molecule has 1 aliphatic rings. The third-order valence-corrected chi connectivity index (χ3v) is 3.84. The van der Waals surface area contributed by atoms with Crippen LogP contribution >= 0.6 is 12.2 Å². The van der Waals surface area contributed by atoms with E-state index in [4.69, 9.17) is 18.0 Å². The van der Waals surface area contributed by atoms with Gasteiger partial charge in [-0.2, -0.15) is 0 Å². The van der Waals surface area contributed by atoms with E-state index in [0.717, 1.165) is 24.9 Å². The zero-order chi connectivity index (χ0) is 14.7. The van der Waals surface area contributed by atoms with Gasteiger partial charge in [-0.3, -0.25) is 9.69 Å². The largest absolute Gasteiger partial charge is 0.389 e. The van der Waals surface area contributed by atoms with Crippen LogP contribution < -0.4 is 11.1 Å². The Morgan fingerprint density at radius 2 is 2.35 bits per heavy atom. The van der Waals surface area contributed by atoms with Crippen LogP contribution in [0.2, 0.25) is 0 Å². The lowest BCUT2D eigenvalue weighted by Crippen LogP contribution is -2.41. The van der Waals surface area contributed by atoms with Crippen molar-refractivity contribution in [1.82, 2.24) is 10.2 Å². The van der Waals surface area contributed by atoms with Crippen LogP contribution in [0.5, 0.6) is 0 Å². The van der Waals surface area contributed by atoms with Crippen molar-refractivity contribution in [2.75, 3.05) is 13.6 Å². The number of carbonyl (C=O) groups is 1. The number of hydrogen-bond acceptors (Lipinski definition) is 3. The van der Waals surface area contributed by atoms with E-state index < -0.39 is 0 Å². The highest BCUT2D eigenvalue weighted by Gasteiger charge is 2.30. The summed E-state index contributed by atoms with van der Waals surface area (Å²) >= 11 is 5.00. The Hall–Kier alpha value is -1.53.